The fourth-order valence-corrected chi connectivity index (χ4v) is 4.82. The number of carbonyl (C=O) groups excluding carboxylic acids is 1. The zero-order valence-electron chi connectivity index (χ0n) is 16.7. The lowest BCUT2D eigenvalue weighted by atomic mass is 10.2. The Kier molecular flexibility index (Phi) is 5.57. The third-order valence-electron chi connectivity index (χ3n) is 5.29. The van der Waals surface area contributed by atoms with E-state index in [1.54, 1.807) is 6.08 Å². The molecule has 1 fully saturated rings. The van der Waals surface area contributed by atoms with Gasteiger partial charge in [0.05, 0.1) is 4.91 Å². The molecule has 0 aliphatic carbocycles. The second-order valence-electron chi connectivity index (χ2n) is 7.33. The summed E-state index contributed by atoms with van der Waals surface area (Å²) in [5.74, 6) is 1.12. The van der Waals surface area contributed by atoms with Crippen molar-refractivity contribution in [1.29, 1.82) is 0 Å². The molecule has 0 N–H and O–H groups in total. The number of nitrogens with zero attached hydrogens (tertiary/aromatic N) is 3. The van der Waals surface area contributed by atoms with Crippen LogP contribution in [0.4, 0.5) is 5.69 Å². The van der Waals surface area contributed by atoms with Crippen LogP contribution in [-0.4, -0.2) is 42.2 Å². The number of piperazine rings is 1. The molecular formula is C24H20ClN3O2S. The minimum atomic E-state index is -0.216. The third kappa shape index (κ3) is 4.40. The first-order chi connectivity index (χ1) is 15.2. The molecule has 1 aromatic heterocycles. The van der Waals surface area contributed by atoms with E-state index in [0.29, 0.717) is 21.4 Å². The quantitative estimate of drug-likeness (QED) is 0.501. The second kappa shape index (κ2) is 8.65. The van der Waals surface area contributed by atoms with Gasteiger partial charge in [0.15, 0.2) is 5.17 Å². The maximum Gasteiger partial charge on any atom is 0.286 e. The topological polar surface area (TPSA) is 49.1 Å². The Morgan fingerprint density at radius 3 is 2.48 bits per heavy atom. The van der Waals surface area contributed by atoms with Crippen molar-refractivity contribution in [2.45, 2.75) is 0 Å². The molecule has 0 unspecified atom stereocenters. The van der Waals surface area contributed by atoms with E-state index < -0.39 is 0 Å². The fraction of sp³-hybridized carbons (Fsp3) is 0.167. The van der Waals surface area contributed by atoms with Crippen LogP contribution in [-0.2, 0) is 4.79 Å². The van der Waals surface area contributed by atoms with Gasteiger partial charge in [0, 0.05) is 48.5 Å². The van der Waals surface area contributed by atoms with Crippen molar-refractivity contribution in [3.05, 3.63) is 82.4 Å². The first-order valence-electron chi connectivity index (χ1n) is 10.1. The number of amidine groups is 1. The average Bonchev–Trinajstić information content (AvgIpc) is 3.42. The number of rotatable bonds is 3. The highest BCUT2D eigenvalue weighted by atomic mass is 35.5. The predicted molar refractivity (Wildman–Crippen MR) is 127 cm³/mol. The summed E-state index contributed by atoms with van der Waals surface area (Å²) >= 11 is 7.48. The smallest absolute Gasteiger partial charge is 0.286 e. The maximum absolute atomic E-state index is 12.5. The van der Waals surface area contributed by atoms with Crippen LogP contribution < -0.4 is 4.90 Å². The molecule has 5 rings (SSSR count). The summed E-state index contributed by atoms with van der Waals surface area (Å²) in [6.07, 6.45) is 1.76. The summed E-state index contributed by atoms with van der Waals surface area (Å²) in [4.78, 5) is 21.9. The highest BCUT2D eigenvalue weighted by molar-refractivity contribution is 8.18. The first kappa shape index (κ1) is 20.0. The molecule has 1 amide bonds. The molecule has 2 aromatic carbocycles. The van der Waals surface area contributed by atoms with Crippen molar-refractivity contribution in [3.8, 4) is 11.3 Å². The van der Waals surface area contributed by atoms with Crippen molar-refractivity contribution in [3.63, 3.8) is 0 Å². The number of halogens is 1. The number of furan rings is 1. The molecule has 0 radical (unpaired) electrons. The number of aliphatic imine (C=N–C) groups is 1. The minimum Gasteiger partial charge on any atom is -0.457 e. The number of thioether (sulfide) groups is 1. The Labute approximate surface area is 190 Å². The molecule has 1 saturated heterocycles. The van der Waals surface area contributed by atoms with Gasteiger partial charge in [0.1, 0.15) is 11.5 Å². The van der Waals surface area contributed by atoms with Crippen molar-refractivity contribution in [2.24, 2.45) is 4.99 Å². The van der Waals surface area contributed by atoms with Crippen LogP contribution in [0.15, 0.2) is 81.0 Å². The normalized spacial score (nSPS) is 18.0. The van der Waals surface area contributed by atoms with Gasteiger partial charge in [0.2, 0.25) is 0 Å². The summed E-state index contributed by atoms with van der Waals surface area (Å²) in [5, 5.41) is 1.42. The minimum absolute atomic E-state index is 0.216. The Morgan fingerprint density at radius 1 is 0.935 bits per heavy atom. The van der Waals surface area contributed by atoms with E-state index in [-0.39, 0.29) is 5.91 Å². The first-order valence-corrected chi connectivity index (χ1v) is 11.3. The Morgan fingerprint density at radius 2 is 1.71 bits per heavy atom. The molecule has 7 heteroatoms. The molecular weight excluding hydrogens is 430 g/mol. The lowest BCUT2D eigenvalue weighted by molar-refractivity contribution is -0.113. The van der Waals surface area contributed by atoms with Gasteiger partial charge < -0.3 is 14.2 Å². The van der Waals surface area contributed by atoms with Gasteiger partial charge in [-0.15, -0.1) is 0 Å². The molecule has 2 aliphatic rings. The molecule has 0 atom stereocenters. The number of amides is 1. The van der Waals surface area contributed by atoms with Crippen molar-refractivity contribution >= 4 is 46.2 Å². The molecule has 156 valence electrons. The maximum atomic E-state index is 12.5. The van der Waals surface area contributed by atoms with Crippen LogP contribution >= 0.6 is 23.4 Å². The van der Waals surface area contributed by atoms with Gasteiger partial charge in [-0.05, 0) is 48.2 Å². The number of para-hydroxylation sites is 1. The average molecular weight is 450 g/mol. The van der Waals surface area contributed by atoms with Crippen LogP contribution in [0.3, 0.4) is 0 Å². The number of hydrogen-bond acceptors (Lipinski definition) is 5. The van der Waals surface area contributed by atoms with E-state index in [0.717, 1.165) is 36.9 Å². The monoisotopic (exact) mass is 449 g/mol. The van der Waals surface area contributed by atoms with Gasteiger partial charge in [-0.25, -0.2) is 0 Å². The molecule has 0 bridgehead atoms. The molecule has 5 nitrogen and oxygen atoms in total. The molecule has 3 heterocycles. The Bertz CT molecular complexity index is 1160. The van der Waals surface area contributed by atoms with E-state index in [1.807, 2.05) is 42.5 Å². The lowest BCUT2D eigenvalue weighted by Crippen LogP contribution is -2.47. The van der Waals surface area contributed by atoms with Gasteiger partial charge in [-0.3, -0.25) is 4.79 Å². The molecule has 0 saturated carbocycles. The molecule has 0 spiro atoms. The van der Waals surface area contributed by atoms with E-state index in [4.69, 9.17) is 16.0 Å². The summed E-state index contributed by atoms with van der Waals surface area (Å²) in [6.45, 7) is 3.47. The molecule has 2 aliphatic heterocycles. The summed E-state index contributed by atoms with van der Waals surface area (Å²) in [7, 11) is 0. The molecule has 31 heavy (non-hydrogen) atoms. The molecule has 3 aromatic rings. The van der Waals surface area contributed by atoms with Crippen molar-refractivity contribution < 1.29 is 9.21 Å². The summed E-state index contributed by atoms with van der Waals surface area (Å²) in [6, 6.07) is 21.6. The lowest BCUT2D eigenvalue weighted by Gasteiger charge is -2.36. The largest absolute Gasteiger partial charge is 0.457 e. The van der Waals surface area contributed by atoms with E-state index in [9.17, 15) is 4.79 Å². The third-order valence-corrected chi connectivity index (χ3v) is 6.57. The summed E-state index contributed by atoms with van der Waals surface area (Å²) in [5.41, 5.74) is 2.13. The summed E-state index contributed by atoms with van der Waals surface area (Å²) < 4.78 is 5.91. The highest BCUT2D eigenvalue weighted by Crippen LogP contribution is 2.32. The standard InChI is InChI=1S/C24H20ClN3O2S/c25-18-6-4-5-17(15-18)21-10-9-20(30-21)16-22-23(29)26-24(31-22)28-13-11-27(12-14-28)19-7-2-1-3-8-19/h1-10,15-16H,11-14H2/b22-16+. The Balaban J connectivity index is 1.24. The number of anilines is 1. The zero-order chi connectivity index (χ0) is 21.2. The van der Waals surface area contributed by atoms with Crippen LogP contribution in [0.5, 0.6) is 0 Å². The van der Waals surface area contributed by atoms with Crippen LogP contribution in [0, 0.1) is 0 Å². The fourth-order valence-electron chi connectivity index (χ4n) is 3.68. The van der Waals surface area contributed by atoms with Gasteiger partial charge >= 0.3 is 0 Å². The van der Waals surface area contributed by atoms with Crippen molar-refractivity contribution in [2.75, 3.05) is 31.1 Å². The second-order valence-corrected chi connectivity index (χ2v) is 8.78. The SMILES string of the molecule is O=C1N=C(N2CCN(c3ccccc3)CC2)S/C1=C/c1ccc(-c2cccc(Cl)c2)o1. The number of carbonyl (C=O) groups is 1. The van der Waals surface area contributed by atoms with E-state index in [1.165, 1.54) is 17.4 Å². The predicted octanol–water partition coefficient (Wildman–Crippen LogP) is 5.39. The zero-order valence-corrected chi connectivity index (χ0v) is 18.3. The van der Waals surface area contributed by atoms with Crippen LogP contribution in [0.1, 0.15) is 5.76 Å². The number of hydrogen-bond donors (Lipinski definition) is 0. The van der Waals surface area contributed by atoms with Gasteiger partial charge in [-0.1, -0.05) is 41.9 Å². The van der Waals surface area contributed by atoms with Crippen molar-refractivity contribution in [1.82, 2.24) is 4.90 Å². The van der Waals surface area contributed by atoms with Gasteiger partial charge in [-0.2, -0.15) is 4.99 Å². The van der Waals surface area contributed by atoms with Crippen LogP contribution in [0.25, 0.3) is 17.4 Å². The number of benzene rings is 2. The van der Waals surface area contributed by atoms with Gasteiger partial charge in [0.25, 0.3) is 5.91 Å². The van der Waals surface area contributed by atoms with E-state index in [2.05, 4.69) is 39.1 Å². The highest BCUT2D eigenvalue weighted by Gasteiger charge is 2.28. The Hall–Kier alpha value is -2.96. The van der Waals surface area contributed by atoms with Crippen LogP contribution in [0.2, 0.25) is 5.02 Å². The van der Waals surface area contributed by atoms with E-state index >= 15 is 0 Å².